The van der Waals surface area contributed by atoms with Crippen LogP contribution in [0.1, 0.15) is 57.1 Å². The molecule has 0 heterocycles. The van der Waals surface area contributed by atoms with Crippen molar-refractivity contribution in [1.82, 2.24) is 0 Å². The summed E-state index contributed by atoms with van der Waals surface area (Å²) in [6.07, 6.45) is 5.19. The molecular formula is C23H29NO2. The minimum absolute atomic E-state index is 0.106. The Morgan fingerprint density at radius 1 is 1.08 bits per heavy atom. The van der Waals surface area contributed by atoms with E-state index < -0.39 is 5.41 Å². The largest absolute Gasteiger partial charge is 0.491 e. The van der Waals surface area contributed by atoms with Gasteiger partial charge in [0.1, 0.15) is 5.75 Å². The highest BCUT2D eigenvalue weighted by Gasteiger charge is 2.42. The molecule has 3 nitrogen and oxygen atoms in total. The second-order valence-corrected chi connectivity index (χ2v) is 7.47. The Morgan fingerprint density at radius 3 is 2.27 bits per heavy atom. The van der Waals surface area contributed by atoms with Crippen LogP contribution in [0, 0.1) is 6.92 Å². The van der Waals surface area contributed by atoms with E-state index in [0.29, 0.717) is 0 Å². The van der Waals surface area contributed by atoms with Crippen molar-refractivity contribution in [2.75, 3.05) is 5.32 Å². The van der Waals surface area contributed by atoms with E-state index in [2.05, 4.69) is 50.4 Å². The first-order valence-electron chi connectivity index (χ1n) is 9.69. The molecule has 0 spiro atoms. The molecule has 2 aromatic rings. The third kappa shape index (κ3) is 3.92. The van der Waals surface area contributed by atoms with Gasteiger partial charge in [0.25, 0.3) is 0 Å². The average molecular weight is 351 g/mol. The summed E-state index contributed by atoms with van der Waals surface area (Å²) in [4.78, 5) is 13.2. The van der Waals surface area contributed by atoms with Crippen molar-refractivity contribution in [1.29, 1.82) is 0 Å². The molecule has 26 heavy (non-hydrogen) atoms. The molecule has 1 N–H and O–H groups in total. The fourth-order valence-electron chi connectivity index (χ4n) is 3.68. The standard InChI is InChI=1S/C23H29NO2/c1-4-18(3)26-21-13-11-20(12-14-21)24-22(25)23(15-5-6-16-23)19-9-7-17(2)8-10-19/h7-14,18H,4-6,15-16H2,1-3H3,(H,24,25)/t18-/m0/s1. The predicted molar refractivity (Wildman–Crippen MR) is 107 cm³/mol. The maximum absolute atomic E-state index is 13.2. The summed E-state index contributed by atoms with van der Waals surface area (Å²) >= 11 is 0. The molecule has 0 aliphatic heterocycles. The van der Waals surface area contributed by atoms with Gasteiger partial charge in [-0.15, -0.1) is 0 Å². The van der Waals surface area contributed by atoms with Crippen LogP contribution < -0.4 is 10.1 Å². The SMILES string of the molecule is CC[C@H](C)Oc1ccc(NC(=O)C2(c3ccc(C)cc3)CCCC2)cc1. The molecule has 0 radical (unpaired) electrons. The van der Waals surface area contributed by atoms with Crippen LogP contribution in [0.2, 0.25) is 0 Å². The molecular weight excluding hydrogens is 322 g/mol. The van der Waals surface area contributed by atoms with Gasteiger partial charge in [-0.2, -0.15) is 0 Å². The second kappa shape index (κ2) is 7.94. The van der Waals surface area contributed by atoms with E-state index >= 15 is 0 Å². The van der Waals surface area contributed by atoms with Gasteiger partial charge < -0.3 is 10.1 Å². The van der Waals surface area contributed by atoms with Crippen molar-refractivity contribution in [2.45, 2.75) is 64.4 Å². The summed E-state index contributed by atoms with van der Waals surface area (Å²) in [5, 5.41) is 3.14. The van der Waals surface area contributed by atoms with E-state index in [1.807, 2.05) is 24.3 Å². The number of benzene rings is 2. The molecule has 1 atom stereocenters. The van der Waals surface area contributed by atoms with E-state index in [4.69, 9.17) is 4.74 Å². The number of amides is 1. The quantitative estimate of drug-likeness (QED) is 0.733. The number of hydrogen-bond donors (Lipinski definition) is 1. The summed E-state index contributed by atoms with van der Waals surface area (Å²) < 4.78 is 5.81. The maximum Gasteiger partial charge on any atom is 0.235 e. The number of ether oxygens (including phenoxy) is 1. The van der Waals surface area contributed by atoms with E-state index in [-0.39, 0.29) is 12.0 Å². The highest BCUT2D eigenvalue weighted by Crippen LogP contribution is 2.42. The average Bonchev–Trinajstić information content (AvgIpc) is 3.15. The summed E-state index contributed by atoms with van der Waals surface area (Å²) in [5.41, 5.74) is 2.78. The molecule has 1 amide bonds. The lowest BCUT2D eigenvalue weighted by atomic mass is 9.77. The van der Waals surface area contributed by atoms with Crippen molar-refractivity contribution in [3.05, 3.63) is 59.7 Å². The van der Waals surface area contributed by atoms with Gasteiger partial charge in [0.05, 0.1) is 11.5 Å². The Labute approximate surface area is 156 Å². The first kappa shape index (κ1) is 18.5. The molecule has 0 saturated heterocycles. The lowest BCUT2D eigenvalue weighted by Gasteiger charge is -2.28. The Hall–Kier alpha value is -2.29. The van der Waals surface area contributed by atoms with Gasteiger partial charge in [0, 0.05) is 5.69 Å². The first-order chi connectivity index (χ1) is 12.5. The van der Waals surface area contributed by atoms with E-state index in [9.17, 15) is 4.79 Å². The predicted octanol–water partition coefficient (Wildman–Crippen LogP) is 5.62. The van der Waals surface area contributed by atoms with Crippen molar-refractivity contribution in [2.24, 2.45) is 0 Å². The Bertz CT molecular complexity index is 728. The normalized spacial score (nSPS) is 16.9. The number of carbonyl (C=O) groups excluding carboxylic acids is 1. The molecule has 0 aromatic heterocycles. The van der Waals surface area contributed by atoms with Gasteiger partial charge in [-0.25, -0.2) is 0 Å². The van der Waals surface area contributed by atoms with Gasteiger partial charge in [-0.05, 0) is 62.9 Å². The van der Waals surface area contributed by atoms with Crippen molar-refractivity contribution >= 4 is 11.6 Å². The van der Waals surface area contributed by atoms with Crippen LogP contribution in [-0.2, 0) is 10.2 Å². The van der Waals surface area contributed by atoms with Gasteiger partial charge in [-0.1, -0.05) is 49.6 Å². The van der Waals surface area contributed by atoms with Crippen LogP contribution in [0.25, 0.3) is 0 Å². The number of hydrogen-bond acceptors (Lipinski definition) is 2. The van der Waals surface area contributed by atoms with Crippen LogP contribution in [0.4, 0.5) is 5.69 Å². The highest BCUT2D eigenvalue weighted by atomic mass is 16.5. The Morgan fingerprint density at radius 2 is 1.69 bits per heavy atom. The number of carbonyl (C=O) groups is 1. The third-order valence-electron chi connectivity index (χ3n) is 5.52. The molecule has 3 rings (SSSR count). The lowest BCUT2D eigenvalue weighted by molar-refractivity contribution is -0.121. The summed E-state index contributed by atoms with van der Waals surface area (Å²) in [5.74, 6) is 0.945. The smallest absolute Gasteiger partial charge is 0.235 e. The molecule has 1 saturated carbocycles. The third-order valence-corrected chi connectivity index (χ3v) is 5.52. The number of aryl methyl sites for hydroxylation is 1. The van der Waals surface area contributed by atoms with Crippen LogP contribution in [-0.4, -0.2) is 12.0 Å². The molecule has 1 aliphatic carbocycles. The maximum atomic E-state index is 13.2. The minimum atomic E-state index is -0.403. The zero-order chi connectivity index (χ0) is 18.6. The highest BCUT2D eigenvalue weighted by molar-refractivity contribution is 5.99. The van der Waals surface area contributed by atoms with Gasteiger partial charge in [0.15, 0.2) is 0 Å². The number of nitrogens with one attached hydrogen (secondary N) is 1. The molecule has 0 unspecified atom stereocenters. The second-order valence-electron chi connectivity index (χ2n) is 7.47. The van der Waals surface area contributed by atoms with Gasteiger partial charge in [-0.3, -0.25) is 4.79 Å². The number of rotatable bonds is 6. The topological polar surface area (TPSA) is 38.3 Å². The lowest BCUT2D eigenvalue weighted by Crippen LogP contribution is -2.38. The van der Waals surface area contributed by atoms with Gasteiger partial charge in [0.2, 0.25) is 5.91 Å². The van der Waals surface area contributed by atoms with Crippen molar-refractivity contribution in [3.63, 3.8) is 0 Å². The zero-order valence-corrected chi connectivity index (χ0v) is 16.0. The van der Waals surface area contributed by atoms with Crippen LogP contribution in [0.15, 0.2) is 48.5 Å². The fourth-order valence-corrected chi connectivity index (χ4v) is 3.68. The van der Waals surface area contributed by atoms with Gasteiger partial charge >= 0.3 is 0 Å². The Balaban J connectivity index is 1.75. The Kier molecular flexibility index (Phi) is 5.65. The van der Waals surface area contributed by atoms with Crippen LogP contribution >= 0.6 is 0 Å². The minimum Gasteiger partial charge on any atom is -0.491 e. The molecule has 1 fully saturated rings. The molecule has 0 bridgehead atoms. The van der Waals surface area contributed by atoms with Crippen LogP contribution in [0.5, 0.6) is 5.75 Å². The van der Waals surface area contributed by atoms with E-state index in [1.54, 1.807) is 0 Å². The number of anilines is 1. The molecule has 1 aliphatic rings. The van der Waals surface area contributed by atoms with E-state index in [1.165, 1.54) is 5.56 Å². The first-order valence-corrected chi connectivity index (χ1v) is 9.69. The molecule has 2 aromatic carbocycles. The van der Waals surface area contributed by atoms with E-state index in [0.717, 1.165) is 49.1 Å². The monoisotopic (exact) mass is 351 g/mol. The summed E-state index contributed by atoms with van der Waals surface area (Å²) in [7, 11) is 0. The molecule has 3 heteroatoms. The van der Waals surface area contributed by atoms with Crippen molar-refractivity contribution < 1.29 is 9.53 Å². The zero-order valence-electron chi connectivity index (χ0n) is 16.0. The van der Waals surface area contributed by atoms with Crippen molar-refractivity contribution in [3.8, 4) is 5.75 Å². The molecule has 138 valence electrons. The summed E-state index contributed by atoms with van der Waals surface area (Å²) in [6.45, 7) is 6.24. The summed E-state index contributed by atoms with van der Waals surface area (Å²) in [6, 6.07) is 16.1. The van der Waals surface area contributed by atoms with Crippen LogP contribution in [0.3, 0.4) is 0 Å². The fraction of sp³-hybridized carbons (Fsp3) is 0.435.